The number of nitrogens with zero attached hydrogens (tertiary/aromatic N) is 2. The fourth-order valence-corrected chi connectivity index (χ4v) is 6.45. The second-order valence-electron chi connectivity index (χ2n) is 13.1. The summed E-state index contributed by atoms with van der Waals surface area (Å²) in [4.78, 5) is 31.4. The van der Waals surface area contributed by atoms with Gasteiger partial charge in [-0.05, 0) is 89.2 Å². The molecule has 0 bridgehead atoms. The van der Waals surface area contributed by atoms with Gasteiger partial charge in [0.05, 0.1) is 30.4 Å². The Hall–Kier alpha value is -2.94. The summed E-state index contributed by atoms with van der Waals surface area (Å²) < 4.78 is 12.9. The van der Waals surface area contributed by atoms with Crippen LogP contribution in [0.1, 0.15) is 92.9 Å². The van der Waals surface area contributed by atoms with E-state index in [-0.39, 0.29) is 36.5 Å². The third-order valence-corrected chi connectivity index (χ3v) is 9.13. The molecule has 0 aromatic heterocycles. The molecule has 2 N–H and O–H groups in total. The van der Waals surface area contributed by atoms with Crippen molar-refractivity contribution in [1.29, 1.82) is 0 Å². The molecule has 2 aromatic rings. The highest BCUT2D eigenvalue weighted by Crippen LogP contribution is 2.29. The molecule has 0 spiro atoms. The second kappa shape index (κ2) is 16.9. The van der Waals surface area contributed by atoms with Crippen LogP contribution in [-0.2, 0) is 4.74 Å². The van der Waals surface area contributed by atoms with Crippen LogP contribution in [0.3, 0.4) is 0 Å². The van der Waals surface area contributed by atoms with Crippen molar-refractivity contribution in [1.82, 2.24) is 9.80 Å². The Morgan fingerprint density at radius 3 is 2.48 bits per heavy atom. The Morgan fingerprint density at radius 2 is 1.75 bits per heavy atom. The predicted molar refractivity (Wildman–Crippen MR) is 175 cm³/mol. The predicted octanol–water partition coefficient (Wildman–Crippen LogP) is 6.25. The van der Waals surface area contributed by atoms with Gasteiger partial charge in [-0.15, -0.1) is 0 Å². The molecule has 0 unspecified atom stereocenters. The molecule has 1 aliphatic heterocycles. The molecule has 8 heteroatoms. The fraction of sp³-hybridized carbons (Fsp3) is 0.611. The largest absolute Gasteiger partial charge is 0.490 e. The van der Waals surface area contributed by atoms with Crippen molar-refractivity contribution in [3.8, 4) is 5.75 Å². The van der Waals surface area contributed by atoms with Gasteiger partial charge in [0.15, 0.2) is 0 Å². The maximum atomic E-state index is 14.3. The molecule has 4 rings (SSSR count). The molecule has 0 saturated heterocycles. The summed E-state index contributed by atoms with van der Waals surface area (Å²) in [5.41, 5.74) is 1.42. The van der Waals surface area contributed by atoms with Crippen LogP contribution in [0, 0.1) is 11.8 Å². The normalized spacial score (nSPS) is 23.4. The van der Waals surface area contributed by atoms with Crippen molar-refractivity contribution >= 4 is 17.5 Å². The van der Waals surface area contributed by atoms with Crippen LogP contribution in [0.5, 0.6) is 5.75 Å². The Bertz CT molecular complexity index is 1190. The summed E-state index contributed by atoms with van der Waals surface area (Å²) in [5.74, 6) is 0.779. The standard InChI is InChI=1S/C36H53N3O5/c1-26-22-39(27(2)25-40)36(42)32-21-31(37-35(41)30-16-9-6-10-17-30)18-19-33(32)44-28(3)13-11-12-20-43-34(26)24-38(4)23-29-14-7-5-8-15-29/h6,9-10,16-19,21,26-29,34,40H,5,7-8,11-15,20,22-25H2,1-4H3,(H,37,41)/t26-,27+,28+,34-/m0/s1. The molecule has 0 radical (unpaired) electrons. The van der Waals surface area contributed by atoms with Crippen molar-refractivity contribution in [2.45, 2.75) is 90.4 Å². The maximum absolute atomic E-state index is 14.3. The van der Waals surface area contributed by atoms with Gasteiger partial charge in [-0.25, -0.2) is 0 Å². The van der Waals surface area contributed by atoms with Gasteiger partial charge in [-0.2, -0.15) is 0 Å². The number of hydrogen-bond acceptors (Lipinski definition) is 6. The van der Waals surface area contributed by atoms with Crippen LogP contribution < -0.4 is 10.1 Å². The Balaban J connectivity index is 1.59. The molecule has 2 aromatic carbocycles. The lowest BCUT2D eigenvalue weighted by atomic mass is 9.89. The van der Waals surface area contributed by atoms with E-state index in [1.807, 2.05) is 32.0 Å². The number of carbonyl (C=O) groups is 2. The average molecular weight is 608 g/mol. The van der Waals surface area contributed by atoms with Crippen LogP contribution in [-0.4, -0.2) is 84.9 Å². The first-order valence-electron chi connectivity index (χ1n) is 16.6. The van der Waals surface area contributed by atoms with E-state index in [0.717, 1.165) is 38.3 Å². The molecule has 1 saturated carbocycles. The summed E-state index contributed by atoms with van der Waals surface area (Å²) >= 11 is 0. The zero-order valence-electron chi connectivity index (χ0n) is 27.2. The molecule has 242 valence electrons. The number of rotatable bonds is 8. The molecular formula is C36H53N3O5. The van der Waals surface area contributed by atoms with Gasteiger partial charge in [0.2, 0.25) is 0 Å². The van der Waals surface area contributed by atoms with Crippen molar-refractivity contribution in [3.63, 3.8) is 0 Å². The number of aliphatic hydroxyl groups excluding tert-OH is 1. The van der Waals surface area contributed by atoms with Gasteiger partial charge in [-0.3, -0.25) is 9.59 Å². The minimum absolute atomic E-state index is 0.0361. The smallest absolute Gasteiger partial charge is 0.258 e. The van der Waals surface area contributed by atoms with E-state index in [1.165, 1.54) is 32.1 Å². The van der Waals surface area contributed by atoms with Gasteiger partial charge in [-0.1, -0.05) is 44.4 Å². The van der Waals surface area contributed by atoms with Gasteiger partial charge in [0, 0.05) is 43.4 Å². The Labute approximate surface area is 264 Å². The third kappa shape index (κ3) is 9.78. The molecule has 4 atom stereocenters. The lowest BCUT2D eigenvalue weighted by Gasteiger charge is -2.36. The van der Waals surface area contributed by atoms with Crippen LogP contribution in [0.25, 0.3) is 0 Å². The number of ether oxygens (including phenoxy) is 2. The Morgan fingerprint density at radius 1 is 1.02 bits per heavy atom. The van der Waals surface area contributed by atoms with E-state index in [1.54, 1.807) is 35.2 Å². The topological polar surface area (TPSA) is 91.3 Å². The first-order chi connectivity index (χ1) is 21.2. The van der Waals surface area contributed by atoms with Crippen LogP contribution in [0.2, 0.25) is 0 Å². The highest BCUT2D eigenvalue weighted by molar-refractivity contribution is 6.05. The molecule has 1 aliphatic carbocycles. The minimum atomic E-state index is -0.411. The summed E-state index contributed by atoms with van der Waals surface area (Å²) in [5, 5.41) is 13.2. The number of carbonyl (C=O) groups excluding carboxylic acids is 2. The van der Waals surface area contributed by atoms with E-state index in [0.29, 0.717) is 35.7 Å². The van der Waals surface area contributed by atoms with Gasteiger partial charge in [0.1, 0.15) is 5.75 Å². The average Bonchev–Trinajstić information content (AvgIpc) is 3.03. The number of anilines is 1. The van der Waals surface area contributed by atoms with Crippen molar-refractivity contribution < 1.29 is 24.2 Å². The number of aliphatic hydroxyl groups is 1. The van der Waals surface area contributed by atoms with Crippen molar-refractivity contribution in [2.24, 2.45) is 11.8 Å². The molecule has 2 aliphatic rings. The minimum Gasteiger partial charge on any atom is -0.490 e. The van der Waals surface area contributed by atoms with Crippen LogP contribution in [0.15, 0.2) is 48.5 Å². The zero-order chi connectivity index (χ0) is 31.5. The zero-order valence-corrected chi connectivity index (χ0v) is 27.2. The van der Waals surface area contributed by atoms with E-state index < -0.39 is 6.04 Å². The van der Waals surface area contributed by atoms with E-state index in [4.69, 9.17) is 9.47 Å². The summed E-state index contributed by atoms with van der Waals surface area (Å²) in [6, 6.07) is 13.8. The SMILES string of the molecule is C[C@@H]1CCCCO[C@@H](CN(C)CC2CCCCC2)[C@@H](C)CN([C@H](C)CO)C(=O)c2cc(NC(=O)c3ccccc3)ccc2O1. The maximum Gasteiger partial charge on any atom is 0.258 e. The first-order valence-corrected chi connectivity index (χ1v) is 16.6. The van der Waals surface area contributed by atoms with Gasteiger partial charge >= 0.3 is 0 Å². The molecule has 44 heavy (non-hydrogen) atoms. The number of benzene rings is 2. The lowest BCUT2D eigenvalue weighted by molar-refractivity contribution is -0.0190. The van der Waals surface area contributed by atoms with E-state index in [2.05, 4.69) is 24.2 Å². The van der Waals surface area contributed by atoms with Gasteiger partial charge in [0.25, 0.3) is 11.8 Å². The molecule has 8 nitrogen and oxygen atoms in total. The highest BCUT2D eigenvalue weighted by atomic mass is 16.5. The first kappa shape index (κ1) is 33.9. The third-order valence-electron chi connectivity index (χ3n) is 9.13. The van der Waals surface area contributed by atoms with Gasteiger partial charge < -0.3 is 29.7 Å². The fourth-order valence-electron chi connectivity index (χ4n) is 6.45. The quantitative estimate of drug-likeness (QED) is 0.369. The van der Waals surface area contributed by atoms with E-state index in [9.17, 15) is 14.7 Å². The summed E-state index contributed by atoms with van der Waals surface area (Å²) in [7, 11) is 2.19. The summed E-state index contributed by atoms with van der Waals surface area (Å²) in [6.07, 6.45) is 9.19. The monoisotopic (exact) mass is 607 g/mol. The molecule has 1 heterocycles. The lowest BCUT2D eigenvalue weighted by Crippen LogP contribution is -2.47. The molecule has 2 amide bonds. The second-order valence-corrected chi connectivity index (χ2v) is 13.1. The summed E-state index contributed by atoms with van der Waals surface area (Å²) in [6.45, 7) is 8.84. The number of amides is 2. The number of fused-ring (bicyclic) bond motifs is 1. The van der Waals surface area contributed by atoms with Crippen molar-refractivity contribution in [3.05, 3.63) is 59.7 Å². The van der Waals surface area contributed by atoms with E-state index >= 15 is 0 Å². The molecule has 1 fully saturated rings. The highest BCUT2D eigenvalue weighted by Gasteiger charge is 2.31. The Kier molecular flexibility index (Phi) is 13.1. The number of likely N-dealkylation sites (N-methyl/N-ethyl adjacent to an activating group) is 1. The number of nitrogens with one attached hydrogen (secondary N) is 1. The number of hydrogen-bond donors (Lipinski definition) is 2. The van der Waals surface area contributed by atoms with Crippen LogP contribution >= 0.6 is 0 Å². The van der Waals surface area contributed by atoms with Crippen molar-refractivity contribution in [2.75, 3.05) is 45.2 Å². The molecular weight excluding hydrogens is 554 g/mol. The van der Waals surface area contributed by atoms with Crippen LogP contribution in [0.4, 0.5) is 5.69 Å².